The Bertz CT molecular complexity index is 267. The molecule has 106 valence electrons. The first-order chi connectivity index (χ1) is 8.58. The van der Waals surface area contributed by atoms with Crippen LogP contribution in [0.2, 0.25) is 0 Å². The Labute approximate surface area is 112 Å². The molecule has 0 bridgehead atoms. The van der Waals surface area contributed by atoms with Crippen LogP contribution >= 0.6 is 0 Å². The van der Waals surface area contributed by atoms with Gasteiger partial charge in [0.25, 0.3) is 0 Å². The summed E-state index contributed by atoms with van der Waals surface area (Å²) in [5, 5.41) is 13.1. The molecule has 1 saturated heterocycles. The molecule has 2 aliphatic rings. The molecule has 2 rings (SSSR count). The lowest BCUT2D eigenvalue weighted by Crippen LogP contribution is -2.46. The maximum atomic E-state index is 9.43. The largest absolute Gasteiger partial charge is 0.395 e. The van der Waals surface area contributed by atoms with Gasteiger partial charge in [0, 0.05) is 18.6 Å². The number of hydrogen-bond acceptors (Lipinski definition) is 3. The molecule has 1 heterocycles. The van der Waals surface area contributed by atoms with E-state index in [1.165, 1.54) is 38.8 Å². The van der Waals surface area contributed by atoms with Crippen molar-refractivity contribution in [1.82, 2.24) is 10.2 Å². The Kier molecular flexibility index (Phi) is 4.68. The summed E-state index contributed by atoms with van der Waals surface area (Å²) in [6, 6.07) is 1.07. The van der Waals surface area contributed by atoms with Crippen LogP contribution < -0.4 is 5.32 Å². The van der Waals surface area contributed by atoms with Gasteiger partial charge in [-0.05, 0) is 50.1 Å². The van der Waals surface area contributed by atoms with Gasteiger partial charge in [0.1, 0.15) is 0 Å². The number of hydrogen-bond donors (Lipinski definition) is 2. The molecule has 3 atom stereocenters. The third kappa shape index (κ3) is 2.89. The van der Waals surface area contributed by atoms with E-state index in [-0.39, 0.29) is 0 Å². The van der Waals surface area contributed by atoms with Crippen LogP contribution in [0.15, 0.2) is 0 Å². The van der Waals surface area contributed by atoms with Crippen molar-refractivity contribution in [2.45, 2.75) is 58.5 Å². The summed E-state index contributed by atoms with van der Waals surface area (Å²) >= 11 is 0. The lowest BCUT2D eigenvalue weighted by atomic mass is 9.84. The van der Waals surface area contributed by atoms with Crippen LogP contribution in [0.25, 0.3) is 0 Å². The summed E-state index contributed by atoms with van der Waals surface area (Å²) in [5.74, 6) is 0.757. The quantitative estimate of drug-likeness (QED) is 0.786. The highest BCUT2D eigenvalue weighted by molar-refractivity contribution is 4.98. The minimum Gasteiger partial charge on any atom is -0.395 e. The van der Waals surface area contributed by atoms with Gasteiger partial charge in [-0.15, -0.1) is 0 Å². The first kappa shape index (κ1) is 14.3. The minimum absolute atomic E-state index is 0.335. The monoisotopic (exact) mass is 254 g/mol. The molecule has 3 nitrogen and oxygen atoms in total. The lowest BCUT2D eigenvalue weighted by Gasteiger charge is -2.34. The Morgan fingerprint density at radius 1 is 1.33 bits per heavy atom. The standard InChI is InChI=1S/C15H30N2O/c1-4-16-14-12(7-8-15(14,2)3)10-17-9-5-6-13(17)11-18/h12-14,16,18H,4-11H2,1-3H3. The highest BCUT2D eigenvalue weighted by Gasteiger charge is 2.42. The van der Waals surface area contributed by atoms with Crippen molar-refractivity contribution < 1.29 is 5.11 Å². The number of aliphatic hydroxyl groups excluding tert-OH is 1. The zero-order valence-corrected chi connectivity index (χ0v) is 12.3. The SMILES string of the molecule is CCNC1C(CN2CCCC2CO)CCC1(C)C. The molecule has 3 heteroatoms. The molecule has 2 fully saturated rings. The van der Waals surface area contributed by atoms with Crippen molar-refractivity contribution in [2.24, 2.45) is 11.3 Å². The van der Waals surface area contributed by atoms with Gasteiger partial charge in [0.05, 0.1) is 6.61 Å². The van der Waals surface area contributed by atoms with Gasteiger partial charge >= 0.3 is 0 Å². The van der Waals surface area contributed by atoms with Crippen LogP contribution in [0.4, 0.5) is 0 Å². The number of nitrogens with one attached hydrogen (secondary N) is 1. The van der Waals surface area contributed by atoms with E-state index in [1.54, 1.807) is 0 Å². The smallest absolute Gasteiger partial charge is 0.0586 e. The summed E-state index contributed by atoms with van der Waals surface area (Å²) in [6.45, 7) is 10.8. The average Bonchev–Trinajstić information content (AvgIpc) is 2.88. The summed E-state index contributed by atoms with van der Waals surface area (Å²) in [6.07, 6.45) is 5.10. The molecule has 1 aliphatic heterocycles. The molecule has 3 unspecified atom stereocenters. The number of aliphatic hydroxyl groups is 1. The van der Waals surface area contributed by atoms with E-state index in [9.17, 15) is 5.11 Å². The Hall–Kier alpha value is -0.120. The molecule has 1 aliphatic carbocycles. The van der Waals surface area contributed by atoms with Crippen LogP contribution in [0.3, 0.4) is 0 Å². The molecule has 0 aromatic heterocycles. The predicted molar refractivity (Wildman–Crippen MR) is 75.7 cm³/mol. The molecule has 1 saturated carbocycles. The van der Waals surface area contributed by atoms with Gasteiger partial charge in [-0.1, -0.05) is 20.8 Å². The molecule has 2 N–H and O–H groups in total. The molecule has 0 radical (unpaired) electrons. The van der Waals surface area contributed by atoms with E-state index in [2.05, 4.69) is 31.0 Å². The van der Waals surface area contributed by atoms with Gasteiger partial charge < -0.3 is 10.4 Å². The van der Waals surface area contributed by atoms with Crippen LogP contribution in [0.5, 0.6) is 0 Å². The van der Waals surface area contributed by atoms with Gasteiger partial charge in [-0.3, -0.25) is 4.90 Å². The number of nitrogens with zero attached hydrogens (tertiary/aromatic N) is 1. The highest BCUT2D eigenvalue weighted by atomic mass is 16.3. The van der Waals surface area contributed by atoms with E-state index >= 15 is 0 Å². The zero-order chi connectivity index (χ0) is 13.2. The lowest BCUT2D eigenvalue weighted by molar-refractivity contribution is 0.128. The molecular formula is C15H30N2O. The Morgan fingerprint density at radius 3 is 2.78 bits per heavy atom. The average molecular weight is 254 g/mol. The van der Waals surface area contributed by atoms with E-state index in [4.69, 9.17) is 0 Å². The topological polar surface area (TPSA) is 35.5 Å². The van der Waals surface area contributed by atoms with Crippen molar-refractivity contribution in [2.75, 3.05) is 26.2 Å². The normalized spacial score (nSPS) is 36.3. The maximum absolute atomic E-state index is 9.43. The fourth-order valence-corrected chi connectivity index (χ4v) is 4.02. The third-order valence-electron chi connectivity index (χ3n) is 5.08. The molecule has 0 amide bonds. The van der Waals surface area contributed by atoms with Gasteiger partial charge in [0.15, 0.2) is 0 Å². The van der Waals surface area contributed by atoms with Crippen molar-refractivity contribution in [1.29, 1.82) is 0 Å². The summed E-state index contributed by atoms with van der Waals surface area (Å²) < 4.78 is 0. The van der Waals surface area contributed by atoms with Crippen LogP contribution in [-0.2, 0) is 0 Å². The second-order valence-corrected chi connectivity index (χ2v) is 6.80. The van der Waals surface area contributed by atoms with Crippen molar-refractivity contribution in [3.63, 3.8) is 0 Å². The fraction of sp³-hybridized carbons (Fsp3) is 1.00. The minimum atomic E-state index is 0.335. The maximum Gasteiger partial charge on any atom is 0.0586 e. The zero-order valence-electron chi connectivity index (χ0n) is 12.3. The van der Waals surface area contributed by atoms with Gasteiger partial charge in [0.2, 0.25) is 0 Å². The van der Waals surface area contributed by atoms with Gasteiger partial charge in [-0.25, -0.2) is 0 Å². The number of likely N-dealkylation sites (tertiary alicyclic amines) is 1. The van der Waals surface area contributed by atoms with Gasteiger partial charge in [-0.2, -0.15) is 0 Å². The Balaban J connectivity index is 1.95. The van der Waals surface area contributed by atoms with Crippen molar-refractivity contribution in [3.8, 4) is 0 Å². The molecule has 0 aromatic rings. The van der Waals surface area contributed by atoms with E-state index in [0.29, 0.717) is 24.1 Å². The second kappa shape index (κ2) is 5.89. The second-order valence-electron chi connectivity index (χ2n) is 6.80. The molecule has 0 spiro atoms. The number of rotatable bonds is 5. The summed E-state index contributed by atoms with van der Waals surface area (Å²) in [7, 11) is 0. The first-order valence-corrected chi connectivity index (χ1v) is 7.66. The van der Waals surface area contributed by atoms with Crippen LogP contribution in [0.1, 0.15) is 46.5 Å². The molecular weight excluding hydrogens is 224 g/mol. The Morgan fingerprint density at radius 2 is 2.11 bits per heavy atom. The van der Waals surface area contributed by atoms with E-state index in [1.807, 2.05) is 0 Å². The van der Waals surface area contributed by atoms with Crippen LogP contribution in [0, 0.1) is 11.3 Å². The van der Waals surface area contributed by atoms with E-state index in [0.717, 1.165) is 12.5 Å². The van der Waals surface area contributed by atoms with Crippen molar-refractivity contribution >= 4 is 0 Å². The highest BCUT2D eigenvalue weighted by Crippen LogP contribution is 2.42. The van der Waals surface area contributed by atoms with Crippen LogP contribution in [-0.4, -0.2) is 48.3 Å². The molecule has 0 aromatic carbocycles. The summed E-state index contributed by atoms with van der Waals surface area (Å²) in [4.78, 5) is 2.52. The van der Waals surface area contributed by atoms with Crippen molar-refractivity contribution in [3.05, 3.63) is 0 Å². The first-order valence-electron chi connectivity index (χ1n) is 7.66. The summed E-state index contributed by atoms with van der Waals surface area (Å²) in [5.41, 5.74) is 0.426. The predicted octanol–water partition coefficient (Wildman–Crippen LogP) is 1.86. The molecule has 18 heavy (non-hydrogen) atoms. The van der Waals surface area contributed by atoms with E-state index < -0.39 is 0 Å². The third-order valence-corrected chi connectivity index (χ3v) is 5.08. The fourth-order valence-electron chi connectivity index (χ4n) is 4.02.